The lowest BCUT2D eigenvalue weighted by atomic mass is 10.2. The van der Waals surface area contributed by atoms with Crippen molar-refractivity contribution in [2.75, 3.05) is 18.5 Å². The summed E-state index contributed by atoms with van der Waals surface area (Å²) in [7, 11) is -1.16. The molecule has 3 aromatic carbocycles. The van der Waals surface area contributed by atoms with E-state index >= 15 is 0 Å². The van der Waals surface area contributed by atoms with E-state index in [0.29, 0.717) is 26.6 Å². The third-order valence-corrected chi connectivity index (χ3v) is 7.06. The molecule has 0 bridgehead atoms. The van der Waals surface area contributed by atoms with Gasteiger partial charge in [0.2, 0.25) is 0 Å². The Morgan fingerprint density at radius 3 is 2.19 bits per heavy atom. The number of benzene rings is 3. The monoisotopic (exact) mass is 535 g/mol. The highest BCUT2D eigenvalue weighted by atomic mass is 79.9. The maximum absolute atomic E-state index is 13.4. The number of ether oxygens (including phenoxy) is 2. The summed E-state index contributed by atoms with van der Waals surface area (Å²) in [5, 5.41) is 0.385. The summed E-state index contributed by atoms with van der Waals surface area (Å²) in [5.74, 6) is 0.430. The fourth-order valence-corrected chi connectivity index (χ4v) is 4.91. The van der Waals surface area contributed by atoms with Crippen LogP contribution in [0.5, 0.6) is 11.5 Å². The SMILES string of the molecule is COc1ccc(N(C(=O)/C=C/c2ccc(OC)c(Br)c2)S(=O)(=O)c2ccc(Cl)cc2)cc1. The van der Waals surface area contributed by atoms with Crippen LogP contribution >= 0.6 is 27.5 Å². The number of amides is 1. The maximum Gasteiger partial charge on any atom is 0.271 e. The molecule has 0 saturated heterocycles. The number of hydrogen-bond donors (Lipinski definition) is 0. The second-order valence-corrected chi connectivity index (χ2v) is 9.56. The lowest BCUT2D eigenvalue weighted by Crippen LogP contribution is -2.35. The van der Waals surface area contributed by atoms with Crippen LogP contribution in [-0.4, -0.2) is 28.5 Å². The third-order valence-electron chi connectivity index (χ3n) is 4.45. The first-order chi connectivity index (χ1) is 15.3. The van der Waals surface area contributed by atoms with E-state index in [1.165, 1.54) is 55.7 Å². The lowest BCUT2D eigenvalue weighted by Gasteiger charge is -2.21. The average Bonchev–Trinajstić information content (AvgIpc) is 2.78. The zero-order valence-corrected chi connectivity index (χ0v) is 20.3. The number of halogens is 2. The highest BCUT2D eigenvalue weighted by molar-refractivity contribution is 9.10. The van der Waals surface area contributed by atoms with Gasteiger partial charge < -0.3 is 9.47 Å². The molecule has 0 heterocycles. The van der Waals surface area contributed by atoms with E-state index in [2.05, 4.69) is 15.9 Å². The Morgan fingerprint density at radius 2 is 1.62 bits per heavy atom. The second kappa shape index (κ2) is 10.2. The Balaban J connectivity index is 2.02. The predicted octanol–water partition coefficient (Wildman–Crippen LogP) is 5.56. The van der Waals surface area contributed by atoms with Gasteiger partial charge >= 0.3 is 0 Å². The van der Waals surface area contributed by atoms with Crippen molar-refractivity contribution in [1.82, 2.24) is 0 Å². The molecule has 0 atom stereocenters. The summed E-state index contributed by atoms with van der Waals surface area (Å²) < 4.78 is 38.5. The van der Waals surface area contributed by atoms with E-state index in [0.717, 1.165) is 4.31 Å². The van der Waals surface area contributed by atoms with Crippen molar-refractivity contribution in [1.29, 1.82) is 0 Å². The largest absolute Gasteiger partial charge is 0.497 e. The van der Waals surface area contributed by atoms with Crippen molar-refractivity contribution in [3.8, 4) is 11.5 Å². The van der Waals surface area contributed by atoms with E-state index in [-0.39, 0.29) is 10.6 Å². The van der Waals surface area contributed by atoms with Gasteiger partial charge in [-0.15, -0.1) is 0 Å². The zero-order chi connectivity index (χ0) is 23.3. The van der Waals surface area contributed by atoms with Crippen LogP contribution in [0.1, 0.15) is 5.56 Å². The van der Waals surface area contributed by atoms with Gasteiger partial charge in [-0.1, -0.05) is 17.7 Å². The molecular formula is C23H19BrClNO5S. The third kappa shape index (κ3) is 5.32. The Kier molecular flexibility index (Phi) is 7.60. The molecule has 166 valence electrons. The smallest absolute Gasteiger partial charge is 0.271 e. The standard InChI is InChI=1S/C23H19BrClNO5S/c1-30-19-9-7-18(8-10-19)26(32(28,29)20-11-5-17(25)6-12-20)23(27)14-4-16-3-13-22(31-2)21(24)15-16/h3-15H,1-2H3/b14-4+. The number of sulfonamides is 1. The molecule has 0 aliphatic heterocycles. The van der Waals surface area contributed by atoms with Crippen molar-refractivity contribution < 1.29 is 22.7 Å². The summed E-state index contributed by atoms with van der Waals surface area (Å²) in [5.41, 5.74) is 0.857. The van der Waals surface area contributed by atoms with E-state index in [9.17, 15) is 13.2 Å². The van der Waals surface area contributed by atoms with Crippen molar-refractivity contribution in [2.24, 2.45) is 0 Å². The molecular weight excluding hydrogens is 518 g/mol. The van der Waals surface area contributed by atoms with Crippen molar-refractivity contribution in [2.45, 2.75) is 4.90 Å². The number of rotatable bonds is 7. The number of carbonyl (C=O) groups excluding carboxylic acids is 1. The molecule has 0 radical (unpaired) electrons. The Morgan fingerprint density at radius 1 is 0.969 bits per heavy atom. The molecule has 1 amide bonds. The fourth-order valence-electron chi connectivity index (χ4n) is 2.84. The molecule has 0 aliphatic carbocycles. The van der Waals surface area contributed by atoms with Crippen molar-refractivity contribution >= 4 is 55.2 Å². The van der Waals surface area contributed by atoms with Crippen LogP contribution in [0.25, 0.3) is 6.08 Å². The van der Waals surface area contributed by atoms with Gasteiger partial charge in [0.25, 0.3) is 15.9 Å². The Bertz CT molecular complexity index is 1240. The lowest BCUT2D eigenvalue weighted by molar-refractivity contribution is -0.113. The minimum Gasteiger partial charge on any atom is -0.497 e. The van der Waals surface area contributed by atoms with Gasteiger partial charge in [-0.2, -0.15) is 4.31 Å². The topological polar surface area (TPSA) is 72.9 Å². The first-order valence-electron chi connectivity index (χ1n) is 9.27. The molecule has 6 nitrogen and oxygen atoms in total. The zero-order valence-electron chi connectivity index (χ0n) is 17.2. The maximum atomic E-state index is 13.4. The molecule has 3 aromatic rings. The van der Waals surface area contributed by atoms with Crippen LogP contribution in [0.15, 0.2) is 82.2 Å². The number of anilines is 1. The normalized spacial score (nSPS) is 11.4. The number of carbonyl (C=O) groups is 1. The fraction of sp³-hybridized carbons (Fsp3) is 0.0870. The van der Waals surface area contributed by atoms with Crippen LogP contribution < -0.4 is 13.8 Å². The molecule has 0 fully saturated rings. The second-order valence-electron chi connectivity index (χ2n) is 6.49. The molecule has 0 spiro atoms. The number of methoxy groups -OCH3 is 2. The molecule has 3 rings (SSSR count). The first-order valence-corrected chi connectivity index (χ1v) is 11.9. The molecule has 0 N–H and O–H groups in total. The molecule has 0 aromatic heterocycles. The van der Waals surface area contributed by atoms with Crippen LogP contribution in [0.2, 0.25) is 5.02 Å². The highest BCUT2D eigenvalue weighted by Crippen LogP contribution is 2.28. The van der Waals surface area contributed by atoms with Gasteiger partial charge in [0.1, 0.15) is 11.5 Å². The van der Waals surface area contributed by atoms with Crippen molar-refractivity contribution in [3.05, 3.63) is 87.9 Å². The summed E-state index contributed by atoms with van der Waals surface area (Å²) in [6.07, 6.45) is 2.73. The summed E-state index contributed by atoms with van der Waals surface area (Å²) in [4.78, 5) is 13.1. The molecule has 32 heavy (non-hydrogen) atoms. The highest BCUT2D eigenvalue weighted by Gasteiger charge is 2.29. The molecule has 9 heteroatoms. The van der Waals surface area contributed by atoms with E-state index in [4.69, 9.17) is 21.1 Å². The summed E-state index contributed by atoms with van der Waals surface area (Å²) in [6, 6.07) is 17.0. The van der Waals surface area contributed by atoms with Crippen LogP contribution in [0, 0.1) is 0 Å². The number of nitrogens with zero attached hydrogens (tertiary/aromatic N) is 1. The van der Waals surface area contributed by atoms with Crippen LogP contribution in [0.4, 0.5) is 5.69 Å². The number of hydrogen-bond acceptors (Lipinski definition) is 5. The Labute approximate surface area is 200 Å². The van der Waals surface area contributed by atoms with Crippen molar-refractivity contribution in [3.63, 3.8) is 0 Å². The predicted molar refractivity (Wildman–Crippen MR) is 129 cm³/mol. The Hall–Kier alpha value is -2.81. The summed E-state index contributed by atoms with van der Waals surface area (Å²) in [6.45, 7) is 0. The minimum atomic E-state index is -4.21. The minimum absolute atomic E-state index is 0.0633. The van der Waals surface area contributed by atoms with Crippen LogP contribution in [0.3, 0.4) is 0 Å². The molecule has 0 unspecified atom stereocenters. The van der Waals surface area contributed by atoms with E-state index < -0.39 is 15.9 Å². The van der Waals surface area contributed by atoms with Gasteiger partial charge in [-0.25, -0.2) is 8.42 Å². The van der Waals surface area contributed by atoms with Crippen LogP contribution in [-0.2, 0) is 14.8 Å². The van der Waals surface area contributed by atoms with Gasteiger partial charge in [0, 0.05) is 11.1 Å². The van der Waals surface area contributed by atoms with Gasteiger partial charge in [0.05, 0.1) is 29.3 Å². The van der Waals surface area contributed by atoms with E-state index in [1.807, 2.05) is 0 Å². The first kappa shape index (κ1) is 23.8. The van der Waals surface area contributed by atoms with Gasteiger partial charge in [0.15, 0.2) is 0 Å². The quantitative estimate of drug-likeness (QED) is 0.370. The summed E-state index contributed by atoms with van der Waals surface area (Å²) >= 11 is 9.28. The molecule has 0 aliphatic rings. The van der Waals surface area contributed by atoms with E-state index in [1.54, 1.807) is 37.4 Å². The average molecular weight is 537 g/mol. The van der Waals surface area contributed by atoms with Gasteiger partial charge in [-0.05, 0) is 88.2 Å². The van der Waals surface area contributed by atoms with Gasteiger partial charge in [-0.3, -0.25) is 4.79 Å². The molecule has 0 saturated carbocycles.